The highest BCUT2D eigenvalue weighted by Gasteiger charge is 2.16. The Morgan fingerprint density at radius 2 is 2.24 bits per heavy atom. The summed E-state index contributed by atoms with van der Waals surface area (Å²) in [4.78, 5) is 26.4. The number of rotatable bonds is 5. The van der Waals surface area contributed by atoms with E-state index in [1.807, 2.05) is 17.3 Å². The molecule has 0 saturated carbocycles. The number of thiazole rings is 1. The molecular formula is C14H18N4O2S. The van der Waals surface area contributed by atoms with Crippen LogP contribution in [0.5, 0.6) is 0 Å². The van der Waals surface area contributed by atoms with Crippen molar-refractivity contribution in [3.63, 3.8) is 0 Å². The van der Waals surface area contributed by atoms with Crippen LogP contribution >= 0.6 is 11.3 Å². The molecule has 0 radical (unpaired) electrons. The third-order valence-corrected chi connectivity index (χ3v) is 4.04. The number of aromatic nitrogens is 3. The molecular weight excluding hydrogens is 288 g/mol. The number of carbonyl (C=O) groups excluding carboxylic acids is 1. The van der Waals surface area contributed by atoms with E-state index in [0.29, 0.717) is 11.6 Å². The number of nitrogens with zero attached hydrogens (tertiary/aromatic N) is 4. The lowest BCUT2D eigenvalue weighted by molar-refractivity contribution is 0.0593. The van der Waals surface area contributed by atoms with Gasteiger partial charge in [0, 0.05) is 37.2 Å². The first-order valence-corrected chi connectivity index (χ1v) is 7.43. The number of likely N-dealkylation sites (N-methyl/N-ethyl adjacent to an activating group) is 1. The summed E-state index contributed by atoms with van der Waals surface area (Å²) in [5.41, 5.74) is 0.272. The number of carbonyl (C=O) groups is 1. The highest BCUT2D eigenvalue weighted by atomic mass is 32.1. The van der Waals surface area contributed by atoms with E-state index in [4.69, 9.17) is 4.74 Å². The Balaban J connectivity index is 2.17. The highest BCUT2D eigenvalue weighted by Crippen LogP contribution is 2.21. The molecule has 0 aliphatic rings. The zero-order valence-electron chi connectivity index (χ0n) is 12.5. The summed E-state index contributed by atoms with van der Waals surface area (Å²) in [6.45, 7) is 4.63. The van der Waals surface area contributed by atoms with Crippen molar-refractivity contribution in [1.29, 1.82) is 0 Å². The Bertz CT molecular complexity index is 615. The molecule has 0 N–H and O–H groups in total. The quantitative estimate of drug-likeness (QED) is 0.789. The zero-order chi connectivity index (χ0) is 15.4. The van der Waals surface area contributed by atoms with Gasteiger partial charge in [-0.15, -0.1) is 11.3 Å². The second kappa shape index (κ2) is 6.62. The normalized spacial score (nSPS) is 12.0. The molecule has 112 valence electrons. The maximum atomic E-state index is 11.6. The fourth-order valence-electron chi connectivity index (χ4n) is 2.02. The van der Waals surface area contributed by atoms with Crippen molar-refractivity contribution < 1.29 is 9.53 Å². The van der Waals surface area contributed by atoms with Gasteiger partial charge in [-0.05, 0) is 6.92 Å². The van der Waals surface area contributed by atoms with Gasteiger partial charge in [0.25, 0.3) is 0 Å². The SMILES string of the molecule is COC(=O)c1cc(N(C)CC(C)c2nccs2)nc(C)n1. The molecule has 0 amide bonds. The first-order chi connectivity index (χ1) is 10.0. The summed E-state index contributed by atoms with van der Waals surface area (Å²) in [7, 11) is 3.28. The molecule has 0 bridgehead atoms. The Morgan fingerprint density at radius 3 is 2.86 bits per heavy atom. The maximum absolute atomic E-state index is 11.6. The molecule has 0 fully saturated rings. The summed E-state index contributed by atoms with van der Waals surface area (Å²) < 4.78 is 4.71. The Kier molecular flexibility index (Phi) is 4.85. The molecule has 2 heterocycles. The van der Waals surface area contributed by atoms with Gasteiger partial charge in [0.2, 0.25) is 0 Å². The summed E-state index contributed by atoms with van der Waals surface area (Å²) in [6, 6.07) is 1.65. The van der Waals surface area contributed by atoms with E-state index in [1.54, 1.807) is 30.5 Å². The molecule has 2 aromatic rings. The monoisotopic (exact) mass is 306 g/mol. The van der Waals surface area contributed by atoms with Crippen LogP contribution in [-0.2, 0) is 4.74 Å². The molecule has 6 nitrogen and oxygen atoms in total. The maximum Gasteiger partial charge on any atom is 0.356 e. The molecule has 0 aliphatic heterocycles. The number of anilines is 1. The minimum absolute atomic E-state index is 0.272. The second-order valence-corrected chi connectivity index (χ2v) is 5.73. The number of esters is 1. The summed E-state index contributed by atoms with van der Waals surface area (Å²) in [5.74, 6) is 1.07. The standard InChI is InChI=1S/C14H18N4O2S/c1-9(13-15-5-6-21-13)8-18(3)12-7-11(14(19)20-4)16-10(2)17-12/h5-7,9H,8H2,1-4H3. The lowest BCUT2D eigenvalue weighted by Crippen LogP contribution is -2.25. The van der Waals surface area contributed by atoms with Crippen molar-refractivity contribution >= 4 is 23.1 Å². The van der Waals surface area contributed by atoms with Gasteiger partial charge >= 0.3 is 5.97 Å². The predicted octanol–water partition coefficient (Wildman–Crippen LogP) is 2.27. The van der Waals surface area contributed by atoms with Crippen molar-refractivity contribution in [1.82, 2.24) is 15.0 Å². The van der Waals surface area contributed by atoms with E-state index in [9.17, 15) is 4.79 Å². The van der Waals surface area contributed by atoms with Gasteiger partial charge in [-0.2, -0.15) is 0 Å². The molecule has 0 saturated heterocycles. The largest absolute Gasteiger partial charge is 0.464 e. The third kappa shape index (κ3) is 3.75. The van der Waals surface area contributed by atoms with Gasteiger partial charge in [0.1, 0.15) is 11.6 Å². The average molecular weight is 306 g/mol. The summed E-state index contributed by atoms with van der Waals surface area (Å²) >= 11 is 1.64. The van der Waals surface area contributed by atoms with Gasteiger partial charge < -0.3 is 9.64 Å². The van der Waals surface area contributed by atoms with Crippen LogP contribution in [0, 0.1) is 6.92 Å². The molecule has 0 spiro atoms. The Labute approximate surface area is 127 Å². The lowest BCUT2D eigenvalue weighted by Gasteiger charge is -2.22. The number of hydrogen-bond acceptors (Lipinski definition) is 7. The van der Waals surface area contributed by atoms with E-state index < -0.39 is 5.97 Å². The molecule has 21 heavy (non-hydrogen) atoms. The van der Waals surface area contributed by atoms with Crippen LogP contribution in [0.2, 0.25) is 0 Å². The topological polar surface area (TPSA) is 68.2 Å². The van der Waals surface area contributed by atoms with E-state index in [0.717, 1.165) is 11.6 Å². The van der Waals surface area contributed by atoms with Crippen LogP contribution < -0.4 is 4.90 Å². The van der Waals surface area contributed by atoms with Gasteiger partial charge in [-0.1, -0.05) is 6.92 Å². The zero-order valence-corrected chi connectivity index (χ0v) is 13.3. The minimum atomic E-state index is -0.455. The van der Waals surface area contributed by atoms with Crippen molar-refractivity contribution in [2.75, 3.05) is 25.6 Å². The number of hydrogen-bond donors (Lipinski definition) is 0. The van der Waals surface area contributed by atoms with Crippen LogP contribution in [-0.4, -0.2) is 41.6 Å². The minimum Gasteiger partial charge on any atom is -0.464 e. The van der Waals surface area contributed by atoms with E-state index in [2.05, 4.69) is 21.9 Å². The fourth-order valence-corrected chi connectivity index (χ4v) is 2.71. The van der Waals surface area contributed by atoms with Gasteiger partial charge in [-0.3, -0.25) is 0 Å². The van der Waals surface area contributed by atoms with E-state index in [-0.39, 0.29) is 11.6 Å². The van der Waals surface area contributed by atoms with Crippen LogP contribution in [0.25, 0.3) is 0 Å². The smallest absolute Gasteiger partial charge is 0.356 e. The average Bonchev–Trinajstić information content (AvgIpc) is 2.99. The molecule has 1 atom stereocenters. The van der Waals surface area contributed by atoms with Crippen molar-refractivity contribution in [2.24, 2.45) is 0 Å². The first-order valence-electron chi connectivity index (χ1n) is 6.55. The summed E-state index contributed by atoms with van der Waals surface area (Å²) in [5, 5.41) is 3.05. The summed E-state index contributed by atoms with van der Waals surface area (Å²) in [6.07, 6.45) is 1.81. The molecule has 2 rings (SSSR count). The van der Waals surface area contributed by atoms with Gasteiger partial charge in [0.05, 0.1) is 12.1 Å². The highest BCUT2D eigenvalue weighted by molar-refractivity contribution is 7.09. The van der Waals surface area contributed by atoms with Crippen LogP contribution in [0.1, 0.15) is 34.2 Å². The molecule has 0 aromatic carbocycles. The molecule has 2 aromatic heterocycles. The van der Waals surface area contributed by atoms with Crippen LogP contribution in [0.4, 0.5) is 5.82 Å². The molecule has 0 aliphatic carbocycles. The van der Waals surface area contributed by atoms with Crippen LogP contribution in [0.15, 0.2) is 17.6 Å². The Morgan fingerprint density at radius 1 is 1.48 bits per heavy atom. The molecule has 7 heteroatoms. The number of ether oxygens (including phenoxy) is 1. The second-order valence-electron chi connectivity index (χ2n) is 4.80. The van der Waals surface area contributed by atoms with Crippen LogP contribution in [0.3, 0.4) is 0 Å². The first kappa shape index (κ1) is 15.4. The predicted molar refractivity (Wildman–Crippen MR) is 81.9 cm³/mol. The van der Waals surface area contributed by atoms with Gasteiger partial charge in [0.15, 0.2) is 5.69 Å². The fraction of sp³-hybridized carbons (Fsp3) is 0.429. The van der Waals surface area contributed by atoms with Crippen molar-refractivity contribution in [3.8, 4) is 0 Å². The number of aryl methyl sites for hydroxylation is 1. The lowest BCUT2D eigenvalue weighted by atomic mass is 10.2. The Hall–Kier alpha value is -2.02. The third-order valence-electron chi connectivity index (χ3n) is 3.03. The van der Waals surface area contributed by atoms with E-state index >= 15 is 0 Å². The van der Waals surface area contributed by atoms with Crippen molar-refractivity contribution in [2.45, 2.75) is 19.8 Å². The van der Waals surface area contributed by atoms with E-state index in [1.165, 1.54) is 7.11 Å². The number of methoxy groups -OCH3 is 1. The van der Waals surface area contributed by atoms with Crippen molar-refractivity contribution in [3.05, 3.63) is 34.2 Å². The van der Waals surface area contributed by atoms with Gasteiger partial charge in [-0.25, -0.2) is 19.7 Å². The molecule has 1 unspecified atom stereocenters.